The molecule has 2 nitrogen and oxygen atoms in total. The topological polar surface area (TPSA) is 40.5 Å². The van der Waals surface area contributed by atoms with Gasteiger partial charge in [0.25, 0.3) is 0 Å². The quantitative estimate of drug-likeness (QED) is 0.813. The number of hydrogen-bond donors (Lipinski definition) is 2. The Hall–Kier alpha value is -0.130. The van der Waals surface area contributed by atoms with Gasteiger partial charge in [0.05, 0.1) is 11.7 Å². The summed E-state index contributed by atoms with van der Waals surface area (Å²) in [5.41, 5.74) is 0.108. The zero-order chi connectivity index (χ0) is 12.2. The molecule has 16 heavy (non-hydrogen) atoms. The molecule has 0 heterocycles. The molecule has 1 aromatic carbocycles. The van der Waals surface area contributed by atoms with E-state index in [1.807, 2.05) is 38.1 Å². The van der Waals surface area contributed by atoms with Gasteiger partial charge in [0.2, 0.25) is 0 Å². The van der Waals surface area contributed by atoms with Crippen LogP contribution in [-0.4, -0.2) is 21.9 Å². The van der Waals surface area contributed by atoms with Crippen LogP contribution < -0.4 is 0 Å². The van der Waals surface area contributed by atoms with Crippen LogP contribution in [0.15, 0.2) is 24.3 Å². The molecule has 0 aliphatic heterocycles. The van der Waals surface area contributed by atoms with E-state index in [4.69, 9.17) is 0 Å². The average Bonchev–Trinajstić information content (AvgIpc) is 2.31. The summed E-state index contributed by atoms with van der Waals surface area (Å²) < 4.78 is 1.18. The van der Waals surface area contributed by atoms with Crippen molar-refractivity contribution in [1.29, 1.82) is 0 Å². The number of benzene rings is 1. The van der Waals surface area contributed by atoms with Crippen LogP contribution in [0, 0.1) is 3.57 Å². The summed E-state index contributed by atoms with van der Waals surface area (Å²) in [6.07, 6.45) is 0.974. The van der Waals surface area contributed by atoms with Crippen LogP contribution >= 0.6 is 22.6 Å². The lowest BCUT2D eigenvalue weighted by atomic mass is 9.87. The van der Waals surface area contributed by atoms with Gasteiger partial charge in [-0.3, -0.25) is 0 Å². The highest BCUT2D eigenvalue weighted by Crippen LogP contribution is 2.22. The first-order chi connectivity index (χ1) is 7.51. The maximum absolute atomic E-state index is 10.2. The molecule has 0 bridgehead atoms. The predicted molar refractivity (Wildman–Crippen MR) is 74.4 cm³/mol. The number of aliphatic hydroxyl groups excluding tert-OH is 1. The van der Waals surface area contributed by atoms with E-state index in [2.05, 4.69) is 22.6 Å². The fraction of sp³-hybridized carbons (Fsp3) is 0.538. The van der Waals surface area contributed by atoms with Crippen molar-refractivity contribution < 1.29 is 10.2 Å². The molecule has 0 radical (unpaired) electrons. The Balaban J connectivity index is 2.70. The summed E-state index contributed by atoms with van der Waals surface area (Å²) in [6.45, 7) is 3.81. The van der Waals surface area contributed by atoms with Gasteiger partial charge in [-0.15, -0.1) is 0 Å². The maximum atomic E-state index is 10.2. The van der Waals surface area contributed by atoms with Gasteiger partial charge in [0.1, 0.15) is 0 Å². The van der Waals surface area contributed by atoms with Crippen LogP contribution in [-0.2, 0) is 6.42 Å². The Labute approximate surface area is 111 Å². The molecule has 0 saturated heterocycles. The minimum absolute atomic E-state index is 0.509. The normalized spacial score (nSPS) is 13.8. The van der Waals surface area contributed by atoms with Crippen LogP contribution in [0.5, 0.6) is 0 Å². The molecule has 0 amide bonds. The zero-order valence-electron chi connectivity index (χ0n) is 9.78. The third-order valence-electron chi connectivity index (χ3n) is 3.19. The molecular formula is C13H19IO2. The summed E-state index contributed by atoms with van der Waals surface area (Å²) >= 11 is 2.25. The SMILES string of the molecule is CCC(O)(CC)C(O)Cc1ccc(I)cc1. The molecule has 1 atom stereocenters. The number of aliphatic hydroxyl groups is 2. The molecule has 0 aliphatic carbocycles. The Morgan fingerprint density at radius 2 is 1.69 bits per heavy atom. The van der Waals surface area contributed by atoms with Gasteiger partial charge in [0.15, 0.2) is 0 Å². The number of hydrogen-bond acceptors (Lipinski definition) is 2. The molecule has 0 fully saturated rings. The summed E-state index contributed by atoms with van der Waals surface area (Å²) in [5, 5.41) is 20.2. The first-order valence-corrected chi connectivity index (χ1v) is 6.74. The predicted octanol–water partition coefficient (Wildman–Crippen LogP) is 2.75. The largest absolute Gasteiger partial charge is 0.390 e. The van der Waals surface area contributed by atoms with Crippen molar-refractivity contribution in [2.45, 2.75) is 44.8 Å². The van der Waals surface area contributed by atoms with Crippen LogP contribution in [0.25, 0.3) is 0 Å². The molecule has 0 aromatic heterocycles. The van der Waals surface area contributed by atoms with Crippen molar-refractivity contribution in [3.05, 3.63) is 33.4 Å². The molecule has 90 valence electrons. The van der Waals surface area contributed by atoms with E-state index in [0.29, 0.717) is 19.3 Å². The van der Waals surface area contributed by atoms with E-state index < -0.39 is 11.7 Å². The lowest BCUT2D eigenvalue weighted by molar-refractivity contribution is -0.0790. The Bertz CT molecular complexity index is 317. The smallest absolute Gasteiger partial charge is 0.0903 e. The summed E-state index contributed by atoms with van der Waals surface area (Å²) in [7, 11) is 0. The fourth-order valence-corrected chi connectivity index (χ4v) is 2.11. The van der Waals surface area contributed by atoms with Crippen molar-refractivity contribution in [2.75, 3.05) is 0 Å². The Morgan fingerprint density at radius 1 is 1.19 bits per heavy atom. The fourth-order valence-electron chi connectivity index (χ4n) is 1.75. The highest BCUT2D eigenvalue weighted by atomic mass is 127. The second-order valence-electron chi connectivity index (χ2n) is 4.16. The highest BCUT2D eigenvalue weighted by Gasteiger charge is 2.31. The molecule has 0 saturated carbocycles. The molecule has 1 aromatic rings. The zero-order valence-corrected chi connectivity index (χ0v) is 11.9. The van der Waals surface area contributed by atoms with Gasteiger partial charge in [0, 0.05) is 9.99 Å². The van der Waals surface area contributed by atoms with E-state index in [1.54, 1.807) is 0 Å². The van der Waals surface area contributed by atoms with Crippen molar-refractivity contribution in [2.24, 2.45) is 0 Å². The molecule has 1 rings (SSSR count). The lowest BCUT2D eigenvalue weighted by Gasteiger charge is -2.31. The Kier molecular flexibility index (Phi) is 5.21. The van der Waals surface area contributed by atoms with Crippen LogP contribution in [0.4, 0.5) is 0 Å². The van der Waals surface area contributed by atoms with E-state index in [0.717, 1.165) is 5.56 Å². The second-order valence-corrected chi connectivity index (χ2v) is 5.40. The minimum Gasteiger partial charge on any atom is -0.390 e. The summed E-state index contributed by atoms with van der Waals surface area (Å²) in [5.74, 6) is 0. The number of rotatable bonds is 5. The monoisotopic (exact) mass is 334 g/mol. The maximum Gasteiger partial charge on any atom is 0.0903 e. The van der Waals surface area contributed by atoms with E-state index >= 15 is 0 Å². The third kappa shape index (κ3) is 3.43. The minimum atomic E-state index is -0.955. The molecule has 0 spiro atoms. The van der Waals surface area contributed by atoms with E-state index in [9.17, 15) is 10.2 Å². The van der Waals surface area contributed by atoms with Crippen molar-refractivity contribution in [3.8, 4) is 0 Å². The van der Waals surface area contributed by atoms with Crippen LogP contribution in [0.3, 0.4) is 0 Å². The standard InChI is InChI=1S/C13H19IO2/c1-3-13(16,4-2)12(15)9-10-5-7-11(14)8-6-10/h5-8,12,15-16H,3-4,9H2,1-2H3. The van der Waals surface area contributed by atoms with Gasteiger partial charge >= 0.3 is 0 Å². The lowest BCUT2D eigenvalue weighted by Crippen LogP contribution is -2.42. The number of halogens is 1. The van der Waals surface area contributed by atoms with E-state index in [1.165, 1.54) is 3.57 Å². The van der Waals surface area contributed by atoms with E-state index in [-0.39, 0.29) is 0 Å². The first kappa shape index (κ1) is 13.9. The van der Waals surface area contributed by atoms with Crippen LogP contribution in [0.2, 0.25) is 0 Å². The molecule has 1 unspecified atom stereocenters. The molecular weight excluding hydrogens is 315 g/mol. The van der Waals surface area contributed by atoms with Crippen LogP contribution in [0.1, 0.15) is 32.3 Å². The molecule has 2 N–H and O–H groups in total. The van der Waals surface area contributed by atoms with Gasteiger partial charge in [-0.05, 0) is 53.1 Å². The summed E-state index contributed by atoms with van der Waals surface area (Å²) in [6, 6.07) is 8.02. The van der Waals surface area contributed by atoms with Gasteiger partial charge in [-0.2, -0.15) is 0 Å². The van der Waals surface area contributed by atoms with Gasteiger partial charge in [-0.1, -0.05) is 26.0 Å². The van der Waals surface area contributed by atoms with Crippen molar-refractivity contribution in [3.63, 3.8) is 0 Å². The van der Waals surface area contributed by atoms with Gasteiger partial charge in [-0.25, -0.2) is 0 Å². The molecule has 0 aliphatic rings. The summed E-state index contributed by atoms with van der Waals surface area (Å²) in [4.78, 5) is 0. The second kappa shape index (κ2) is 5.98. The van der Waals surface area contributed by atoms with Crippen molar-refractivity contribution in [1.82, 2.24) is 0 Å². The highest BCUT2D eigenvalue weighted by molar-refractivity contribution is 14.1. The third-order valence-corrected chi connectivity index (χ3v) is 3.91. The van der Waals surface area contributed by atoms with Gasteiger partial charge < -0.3 is 10.2 Å². The first-order valence-electron chi connectivity index (χ1n) is 5.66. The average molecular weight is 334 g/mol. The molecule has 3 heteroatoms. The Morgan fingerprint density at radius 3 is 2.12 bits per heavy atom. The van der Waals surface area contributed by atoms with Crippen molar-refractivity contribution >= 4 is 22.6 Å².